The topological polar surface area (TPSA) is 21.3 Å². The predicted octanol–water partition coefficient (Wildman–Crippen LogP) is 4.82. The van der Waals surface area contributed by atoms with Gasteiger partial charge in [0, 0.05) is 17.1 Å². The van der Waals surface area contributed by atoms with Crippen molar-refractivity contribution < 1.29 is 17.9 Å². The number of hydrogen-bond acceptors (Lipinski definition) is 2. The average molecular weight is 330 g/mol. The van der Waals surface area contributed by atoms with Crippen LogP contribution in [0.15, 0.2) is 12.1 Å². The van der Waals surface area contributed by atoms with Crippen LogP contribution in [-0.2, 0) is 6.54 Å². The molecule has 0 saturated carbocycles. The van der Waals surface area contributed by atoms with E-state index in [9.17, 15) is 13.2 Å². The summed E-state index contributed by atoms with van der Waals surface area (Å²) in [6.45, 7) is 2.77. The SMILES string of the molecule is CCCNCc1cc(Cl)cc(Cl)c1OCCC(F)(F)F. The van der Waals surface area contributed by atoms with E-state index in [1.165, 1.54) is 6.07 Å². The van der Waals surface area contributed by atoms with E-state index in [0.717, 1.165) is 13.0 Å². The van der Waals surface area contributed by atoms with Gasteiger partial charge in [-0.1, -0.05) is 30.1 Å². The zero-order valence-electron chi connectivity index (χ0n) is 11.0. The van der Waals surface area contributed by atoms with Gasteiger partial charge in [-0.3, -0.25) is 0 Å². The second kappa shape index (κ2) is 7.96. The highest BCUT2D eigenvalue weighted by Crippen LogP contribution is 2.33. The van der Waals surface area contributed by atoms with E-state index >= 15 is 0 Å². The Hall–Kier alpha value is -0.650. The maximum atomic E-state index is 12.1. The van der Waals surface area contributed by atoms with Crippen LogP contribution in [0.2, 0.25) is 10.0 Å². The van der Waals surface area contributed by atoms with Crippen LogP contribution in [-0.4, -0.2) is 19.3 Å². The second-order valence-electron chi connectivity index (χ2n) is 4.27. The molecular weight excluding hydrogens is 314 g/mol. The van der Waals surface area contributed by atoms with E-state index in [-0.39, 0.29) is 10.8 Å². The molecule has 0 amide bonds. The number of alkyl halides is 3. The first-order chi connectivity index (χ1) is 9.33. The molecule has 0 atom stereocenters. The van der Waals surface area contributed by atoms with Gasteiger partial charge in [0.15, 0.2) is 0 Å². The fourth-order valence-electron chi connectivity index (χ4n) is 1.58. The molecule has 0 saturated heterocycles. The van der Waals surface area contributed by atoms with Gasteiger partial charge in [0.1, 0.15) is 5.75 Å². The summed E-state index contributed by atoms with van der Waals surface area (Å²) in [6.07, 6.45) is -4.33. The van der Waals surface area contributed by atoms with Crippen LogP contribution in [0.5, 0.6) is 5.75 Å². The lowest BCUT2D eigenvalue weighted by molar-refractivity contribution is -0.139. The Labute approximate surface area is 126 Å². The third kappa shape index (κ3) is 6.20. The summed E-state index contributed by atoms with van der Waals surface area (Å²) >= 11 is 11.9. The maximum Gasteiger partial charge on any atom is 0.392 e. The van der Waals surface area contributed by atoms with Crippen molar-refractivity contribution in [1.82, 2.24) is 5.32 Å². The van der Waals surface area contributed by atoms with Crippen molar-refractivity contribution in [3.63, 3.8) is 0 Å². The summed E-state index contributed by atoms with van der Waals surface area (Å²) in [5.41, 5.74) is 0.651. The van der Waals surface area contributed by atoms with E-state index in [2.05, 4.69) is 5.32 Å². The van der Waals surface area contributed by atoms with Crippen molar-refractivity contribution in [2.45, 2.75) is 32.5 Å². The number of ether oxygens (including phenoxy) is 1. The van der Waals surface area contributed by atoms with E-state index in [4.69, 9.17) is 27.9 Å². The summed E-state index contributed by atoms with van der Waals surface area (Å²) in [7, 11) is 0. The Morgan fingerprint density at radius 3 is 2.55 bits per heavy atom. The molecule has 1 aromatic rings. The van der Waals surface area contributed by atoms with Crippen LogP contribution < -0.4 is 10.1 Å². The minimum Gasteiger partial charge on any atom is -0.491 e. The monoisotopic (exact) mass is 329 g/mol. The molecule has 0 unspecified atom stereocenters. The van der Waals surface area contributed by atoms with Crippen LogP contribution >= 0.6 is 23.2 Å². The zero-order valence-corrected chi connectivity index (χ0v) is 12.5. The lowest BCUT2D eigenvalue weighted by Gasteiger charge is -2.15. The van der Waals surface area contributed by atoms with Gasteiger partial charge in [-0.25, -0.2) is 0 Å². The molecule has 0 spiro atoms. The minimum atomic E-state index is -4.25. The minimum absolute atomic E-state index is 0.216. The fourth-order valence-corrected chi connectivity index (χ4v) is 2.17. The molecule has 7 heteroatoms. The van der Waals surface area contributed by atoms with Crippen molar-refractivity contribution in [2.75, 3.05) is 13.2 Å². The molecule has 0 heterocycles. The highest BCUT2D eigenvalue weighted by Gasteiger charge is 2.27. The normalized spacial score (nSPS) is 11.7. The number of hydrogen-bond donors (Lipinski definition) is 1. The summed E-state index contributed by atoms with van der Waals surface area (Å²) in [4.78, 5) is 0. The van der Waals surface area contributed by atoms with Gasteiger partial charge in [-0.05, 0) is 25.1 Å². The van der Waals surface area contributed by atoms with Crippen LogP contribution in [0.1, 0.15) is 25.3 Å². The van der Waals surface area contributed by atoms with Gasteiger partial charge in [-0.2, -0.15) is 13.2 Å². The molecule has 0 fully saturated rings. The van der Waals surface area contributed by atoms with Crippen molar-refractivity contribution in [3.05, 3.63) is 27.7 Å². The first-order valence-corrected chi connectivity index (χ1v) is 6.97. The number of benzene rings is 1. The number of nitrogens with one attached hydrogen (secondary N) is 1. The quantitative estimate of drug-likeness (QED) is 0.724. The van der Waals surface area contributed by atoms with Crippen molar-refractivity contribution in [3.8, 4) is 5.75 Å². The fraction of sp³-hybridized carbons (Fsp3) is 0.538. The molecule has 2 nitrogen and oxygen atoms in total. The van der Waals surface area contributed by atoms with Crippen molar-refractivity contribution in [1.29, 1.82) is 0 Å². The molecule has 0 bridgehead atoms. The van der Waals surface area contributed by atoms with Gasteiger partial charge in [0.05, 0.1) is 18.1 Å². The Balaban J connectivity index is 2.75. The molecule has 0 radical (unpaired) electrons. The Kier molecular flexibility index (Phi) is 6.92. The molecule has 1 N–H and O–H groups in total. The lowest BCUT2D eigenvalue weighted by Crippen LogP contribution is -2.16. The van der Waals surface area contributed by atoms with Gasteiger partial charge in [0.25, 0.3) is 0 Å². The summed E-state index contributed by atoms with van der Waals surface area (Å²) in [5, 5.41) is 3.77. The Morgan fingerprint density at radius 1 is 1.25 bits per heavy atom. The van der Waals surface area contributed by atoms with Gasteiger partial charge < -0.3 is 10.1 Å². The lowest BCUT2D eigenvalue weighted by atomic mass is 10.2. The molecular formula is C13H16Cl2F3NO. The van der Waals surface area contributed by atoms with Crippen molar-refractivity contribution in [2.24, 2.45) is 0 Å². The van der Waals surface area contributed by atoms with E-state index < -0.39 is 19.2 Å². The first kappa shape index (κ1) is 17.4. The largest absolute Gasteiger partial charge is 0.491 e. The van der Waals surface area contributed by atoms with Gasteiger partial charge in [-0.15, -0.1) is 0 Å². The van der Waals surface area contributed by atoms with Gasteiger partial charge in [0.2, 0.25) is 0 Å². The number of rotatable bonds is 7. The number of halogens is 5. The van der Waals surface area contributed by atoms with Crippen LogP contribution in [0, 0.1) is 0 Å². The highest BCUT2D eigenvalue weighted by molar-refractivity contribution is 6.35. The Bertz CT molecular complexity index is 438. The molecule has 0 aromatic heterocycles. The van der Waals surface area contributed by atoms with E-state index in [1.807, 2.05) is 6.92 Å². The molecule has 114 valence electrons. The summed E-state index contributed by atoms with van der Waals surface area (Å²) < 4.78 is 41.6. The second-order valence-corrected chi connectivity index (χ2v) is 5.11. The molecule has 1 aromatic carbocycles. The Morgan fingerprint density at radius 2 is 1.95 bits per heavy atom. The molecule has 20 heavy (non-hydrogen) atoms. The highest BCUT2D eigenvalue weighted by atomic mass is 35.5. The first-order valence-electron chi connectivity index (χ1n) is 6.21. The standard InChI is InChI=1S/C13H16Cl2F3NO/c1-2-4-19-8-9-6-10(14)7-11(15)12(9)20-5-3-13(16,17)18/h6-7,19H,2-5,8H2,1H3. The molecule has 0 aliphatic carbocycles. The van der Waals surface area contributed by atoms with E-state index in [0.29, 0.717) is 17.1 Å². The average Bonchev–Trinajstić information content (AvgIpc) is 2.31. The smallest absolute Gasteiger partial charge is 0.392 e. The maximum absolute atomic E-state index is 12.1. The summed E-state index contributed by atoms with van der Waals surface area (Å²) in [6, 6.07) is 3.09. The van der Waals surface area contributed by atoms with Crippen molar-refractivity contribution >= 4 is 23.2 Å². The third-order valence-electron chi connectivity index (χ3n) is 2.46. The molecule has 0 aliphatic rings. The van der Waals surface area contributed by atoms with Gasteiger partial charge >= 0.3 is 6.18 Å². The molecule has 0 aliphatic heterocycles. The zero-order chi connectivity index (χ0) is 15.2. The predicted molar refractivity (Wildman–Crippen MR) is 74.6 cm³/mol. The van der Waals surface area contributed by atoms with Crippen LogP contribution in [0.4, 0.5) is 13.2 Å². The third-order valence-corrected chi connectivity index (χ3v) is 2.96. The van der Waals surface area contributed by atoms with Crippen LogP contribution in [0.3, 0.4) is 0 Å². The van der Waals surface area contributed by atoms with E-state index in [1.54, 1.807) is 6.07 Å². The summed E-state index contributed by atoms with van der Waals surface area (Å²) in [5.74, 6) is 0.254. The molecule has 1 rings (SSSR count). The van der Waals surface area contributed by atoms with Crippen LogP contribution in [0.25, 0.3) is 0 Å².